The molecule has 3 nitrogen and oxygen atoms in total. The third-order valence-corrected chi connectivity index (χ3v) is 4.23. The van der Waals surface area contributed by atoms with Gasteiger partial charge in [-0.05, 0) is 51.6 Å². The third-order valence-electron chi connectivity index (χ3n) is 4.23. The zero-order chi connectivity index (χ0) is 11.4. The highest BCUT2D eigenvalue weighted by Gasteiger charge is 2.33. The zero-order valence-electron chi connectivity index (χ0n) is 10.1. The Labute approximate surface area is 98.6 Å². The van der Waals surface area contributed by atoms with E-state index < -0.39 is 5.54 Å². The Bertz CT molecular complexity index is 253. The molecule has 16 heavy (non-hydrogen) atoms. The Kier molecular flexibility index (Phi) is 3.83. The minimum Gasteiger partial charge on any atom is -0.313 e. The number of likely N-dealkylation sites (tertiary alicyclic amines) is 1. The van der Waals surface area contributed by atoms with Crippen LogP contribution in [0.5, 0.6) is 0 Å². The molecule has 0 aromatic heterocycles. The van der Waals surface area contributed by atoms with Crippen molar-refractivity contribution in [3.8, 4) is 6.07 Å². The fourth-order valence-corrected chi connectivity index (χ4v) is 3.05. The van der Waals surface area contributed by atoms with Crippen LogP contribution < -0.4 is 5.73 Å². The fourth-order valence-electron chi connectivity index (χ4n) is 3.05. The highest BCUT2D eigenvalue weighted by atomic mass is 15.2. The maximum Gasteiger partial charge on any atom is 0.104 e. The van der Waals surface area contributed by atoms with E-state index in [2.05, 4.69) is 11.0 Å². The van der Waals surface area contributed by atoms with Crippen LogP contribution in [0.1, 0.15) is 51.4 Å². The SMILES string of the molecule is N#CC1(N)CCC(N2CCCCCC2)CC1. The molecule has 0 amide bonds. The van der Waals surface area contributed by atoms with Crippen molar-refractivity contribution in [3.05, 3.63) is 0 Å². The minimum absolute atomic E-state index is 0.525. The molecule has 1 saturated heterocycles. The number of hydrogen-bond acceptors (Lipinski definition) is 3. The fraction of sp³-hybridized carbons (Fsp3) is 0.923. The highest BCUT2D eigenvalue weighted by molar-refractivity contribution is 5.07. The molecule has 0 radical (unpaired) electrons. The van der Waals surface area contributed by atoms with Crippen LogP contribution in [0, 0.1) is 11.3 Å². The number of nitrogens with two attached hydrogens (primary N) is 1. The van der Waals surface area contributed by atoms with Crippen LogP contribution in [0.3, 0.4) is 0 Å². The lowest BCUT2D eigenvalue weighted by Crippen LogP contribution is -2.47. The normalized spacial score (nSPS) is 37.6. The molecule has 2 aliphatic rings. The van der Waals surface area contributed by atoms with Gasteiger partial charge in [0.25, 0.3) is 0 Å². The molecule has 0 bridgehead atoms. The van der Waals surface area contributed by atoms with E-state index in [1.807, 2.05) is 0 Å². The van der Waals surface area contributed by atoms with Crippen LogP contribution in [0.25, 0.3) is 0 Å². The van der Waals surface area contributed by atoms with Gasteiger partial charge in [0.05, 0.1) is 6.07 Å². The van der Waals surface area contributed by atoms with Gasteiger partial charge in [0.2, 0.25) is 0 Å². The predicted octanol–water partition coefficient (Wildman–Crippen LogP) is 2.03. The molecule has 0 unspecified atom stereocenters. The van der Waals surface area contributed by atoms with Gasteiger partial charge >= 0.3 is 0 Å². The summed E-state index contributed by atoms with van der Waals surface area (Å²) in [5.74, 6) is 0. The second-order valence-corrected chi connectivity index (χ2v) is 5.45. The summed E-state index contributed by atoms with van der Waals surface area (Å²) in [7, 11) is 0. The van der Waals surface area contributed by atoms with E-state index in [0.29, 0.717) is 6.04 Å². The average Bonchev–Trinajstić information content (AvgIpc) is 2.59. The summed E-state index contributed by atoms with van der Waals surface area (Å²) >= 11 is 0. The smallest absolute Gasteiger partial charge is 0.104 e. The van der Waals surface area contributed by atoms with E-state index in [1.165, 1.54) is 38.8 Å². The highest BCUT2D eigenvalue weighted by Crippen LogP contribution is 2.29. The molecule has 0 aromatic rings. The molecule has 0 aromatic carbocycles. The molecule has 1 heterocycles. The Morgan fingerprint density at radius 3 is 2.12 bits per heavy atom. The van der Waals surface area contributed by atoms with Crippen LogP contribution in [0.4, 0.5) is 0 Å². The first-order chi connectivity index (χ1) is 7.73. The van der Waals surface area contributed by atoms with E-state index in [9.17, 15) is 0 Å². The summed E-state index contributed by atoms with van der Waals surface area (Å²) < 4.78 is 0. The molecule has 2 N–H and O–H groups in total. The van der Waals surface area contributed by atoms with Crippen molar-refractivity contribution in [2.45, 2.75) is 62.9 Å². The first-order valence-electron chi connectivity index (χ1n) is 6.68. The van der Waals surface area contributed by atoms with Crippen LogP contribution in [0.15, 0.2) is 0 Å². The van der Waals surface area contributed by atoms with Crippen molar-refractivity contribution in [2.75, 3.05) is 13.1 Å². The van der Waals surface area contributed by atoms with E-state index in [-0.39, 0.29) is 0 Å². The largest absolute Gasteiger partial charge is 0.313 e. The zero-order valence-corrected chi connectivity index (χ0v) is 10.1. The van der Waals surface area contributed by atoms with Crippen molar-refractivity contribution in [1.82, 2.24) is 4.90 Å². The van der Waals surface area contributed by atoms with Gasteiger partial charge in [-0.3, -0.25) is 0 Å². The molecule has 2 fully saturated rings. The topological polar surface area (TPSA) is 53.1 Å². The Hall–Kier alpha value is -0.590. The lowest BCUT2D eigenvalue weighted by atomic mass is 9.80. The Balaban J connectivity index is 1.86. The van der Waals surface area contributed by atoms with Crippen molar-refractivity contribution in [3.63, 3.8) is 0 Å². The quantitative estimate of drug-likeness (QED) is 0.737. The Morgan fingerprint density at radius 2 is 1.62 bits per heavy atom. The van der Waals surface area contributed by atoms with Crippen molar-refractivity contribution >= 4 is 0 Å². The monoisotopic (exact) mass is 221 g/mol. The number of hydrogen-bond donors (Lipinski definition) is 1. The summed E-state index contributed by atoms with van der Waals surface area (Å²) in [4.78, 5) is 2.64. The minimum atomic E-state index is -0.525. The van der Waals surface area contributed by atoms with Gasteiger partial charge in [-0.25, -0.2) is 0 Å². The molecule has 2 rings (SSSR count). The van der Waals surface area contributed by atoms with Gasteiger partial charge in [-0.15, -0.1) is 0 Å². The van der Waals surface area contributed by atoms with E-state index in [4.69, 9.17) is 11.0 Å². The van der Waals surface area contributed by atoms with Gasteiger partial charge in [0.15, 0.2) is 0 Å². The lowest BCUT2D eigenvalue weighted by Gasteiger charge is -2.38. The van der Waals surface area contributed by atoms with E-state index in [0.717, 1.165) is 25.7 Å². The van der Waals surface area contributed by atoms with Crippen LogP contribution in [0.2, 0.25) is 0 Å². The summed E-state index contributed by atoms with van der Waals surface area (Å²) in [5.41, 5.74) is 5.48. The molecule has 90 valence electrons. The number of nitriles is 1. The summed E-state index contributed by atoms with van der Waals surface area (Å²) in [5, 5.41) is 9.00. The van der Waals surface area contributed by atoms with E-state index in [1.54, 1.807) is 0 Å². The van der Waals surface area contributed by atoms with Crippen molar-refractivity contribution < 1.29 is 0 Å². The molecule has 0 spiro atoms. The molecule has 3 heteroatoms. The summed E-state index contributed by atoms with van der Waals surface area (Å²) in [6, 6.07) is 2.97. The van der Waals surface area contributed by atoms with Crippen LogP contribution in [-0.2, 0) is 0 Å². The maximum atomic E-state index is 9.00. The van der Waals surface area contributed by atoms with Gasteiger partial charge in [-0.1, -0.05) is 12.8 Å². The van der Waals surface area contributed by atoms with Gasteiger partial charge in [-0.2, -0.15) is 5.26 Å². The van der Waals surface area contributed by atoms with Crippen LogP contribution >= 0.6 is 0 Å². The molecule has 1 aliphatic carbocycles. The molecular weight excluding hydrogens is 198 g/mol. The average molecular weight is 221 g/mol. The molecule has 1 aliphatic heterocycles. The van der Waals surface area contributed by atoms with Gasteiger partial charge in [0, 0.05) is 6.04 Å². The molecule has 1 saturated carbocycles. The van der Waals surface area contributed by atoms with Crippen LogP contribution in [-0.4, -0.2) is 29.6 Å². The lowest BCUT2D eigenvalue weighted by molar-refractivity contribution is 0.143. The van der Waals surface area contributed by atoms with Gasteiger partial charge < -0.3 is 10.6 Å². The van der Waals surface area contributed by atoms with Crippen molar-refractivity contribution in [1.29, 1.82) is 5.26 Å². The molecule has 0 atom stereocenters. The third kappa shape index (κ3) is 2.75. The van der Waals surface area contributed by atoms with E-state index >= 15 is 0 Å². The Morgan fingerprint density at radius 1 is 1.06 bits per heavy atom. The second kappa shape index (κ2) is 5.16. The van der Waals surface area contributed by atoms with Crippen molar-refractivity contribution in [2.24, 2.45) is 5.73 Å². The second-order valence-electron chi connectivity index (χ2n) is 5.45. The first kappa shape index (κ1) is 11.9. The number of rotatable bonds is 1. The number of nitrogens with zero attached hydrogens (tertiary/aromatic N) is 2. The maximum absolute atomic E-state index is 9.00. The first-order valence-corrected chi connectivity index (χ1v) is 6.68. The summed E-state index contributed by atoms with van der Waals surface area (Å²) in [6.45, 7) is 2.52. The van der Waals surface area contributed by atoms with Gasteiger partial charge in [0.1, 0.15) is 5.54 Å². The molecular formula is C13H23N3. The predicted molar refractivity (Wildman–Crippen MR) is 64.8 cm³/mol. The summed E-state index contributed by atoms with van der Waals surface area (Å²) in [6.07, 6.45) is 9.47. The standard InChI is InChI=1S/C13H23N3/c14-11-13(15)7-5-12(6-8-13)16-9-3-1-2-4-10-16/h12H,1-10,15H2.